The minimum atomic E-state index is -1.20. The van der Waals surface area contributed by atoms with Crippen LogP contribution in [0.25, 0.3) is 0 Å². The van der Waals surface area contributed by atoms with Crippen LogP contribution in [-0.2, 0) is 62.4 Å². The monoisotopic (exact) mass is 1290 g/mol. The lowest BCUT2D eigenvalue weighted by Gasteiger charge is -2.27. The molecule has 20 nitrogen and oxygen atoms in total. The van der Waals surface area contributed by atoms with Gasteiger partial charge in [0, 0.05) is 87.1 Å². The van der Waals surface area contributed by atoms with Crippen molar-refractivity contribution < 1.29 is 48.3 Å². The number of phenols is 1. The quantitative estimate of drug-likeness (QED) is 0.0144. The minimum absolute atomic E-state index is 0.00104. The maximum Gasteiger partial charge on any atom is 0.224 e. The minimum Gasteiger partial charge on any atom is -0.508 e. The topological polar surface area (TPSA) is 341 Å². The number of carbonyl (C=O) groups is 9. The van der Waals surface area contributed by atoms with E-state index in [1.165, 1.54) is 76.2 Å². The Morgan fingerprint density at radius 2 is 1.02 bits per heavy atom. The van der Waals surface area contributed by atoms with Crippen molar-refractivity contribution >= 4 is 58.5 Å². The van der Waals surface area contributed by atoms with Crippen LogP contribution in [-0.4, -0.2) is 111 Å². The fourth-order valence-electron chi connectivity index (χ4n) is 11.9. The molecule has 8 atom stereocenters. The second-order valence-corrected chi connectivity index (χ2v) is 26.6. The molecule has 0 radical (unpaired) electrons. The SMILES string of the molecule is CCCCCCCCCCCCCCCC(=O)C[C@@H](CC(C)C)C(=O)N[C@@H](C)C(=O)C[C@@H](Cc1ccc(O)cc1)C(=O)N[C@@H](Cc1ccccc1)C(=O)C[C@@H](CCCCN)C(=O)N[C@@H](CCCN=C(N)N)C(=O)C[C@@H](CC(C)C)C(=O)N[C@@H](Cc1cnc[nH]1)C(=O)CC. The fraction of sp³-hybridized carbons (Fsp3) is 0.658. The van der Waals surface area contributed by atoms with E-state index in [-0.39, 0.29) is 112 Å². The predicted octanol–water partition coefficient (Wildman–Crippen LogP) is 10.1. The fourth-order valence-corrected chi connectivity index (χ4v) is 11.9. The highest BCUT2D eigenvalue weighted by Crippen LogP contribution is 2.25. The number of rotatable bonds is 53. The molecule has 0 bridgehead atoms. The Morgan fingerprint density at radius 3 is 1.58 bits per heavy atom. The van der Waals surface area contributed by atoms with Gasteiger partial charge in [0.25, 0.3) is 0 Å². The molecular formula is C73H116N10O10. The summed E-state index contributed by atoms with van der Waals surface area (Å²) in [4.78, 5) is 139. The zero-order chi connectivity index (χ0) is 68.5. The molecule has 1 aromatic heterocycles. The number of ketones is 5. The van der Waals surface area contributed by atoms with Crippen molar-refractivity contribution in [3.8, 4) is 5.75 Å². The van der Waals surface area contributed by atoms with E-state index in [1.54, 1.807) is 44.3 Å². The highest BCUT2D eigenvalue weighted by Gasteiger charge is 2.36. The zero-order valence-electron chi connectivity index (χ0n) is 57.3. The number of hydrogen-bond acceptors (Lipinski definition) is 13. The number of nitrogens with two attached hydrogens (primary N) is 3. The van der Waals surface area contributed by atoms with Crippen molar-refractivity contribution in [3.05, 3.63) is 83.9 Å². The number of benzene rings is 2. The lowest BCUT2D eigenvalue weighted by molar-refractivity contribution is -0.136. The molecule has 3 rings (SSSR count). The Kier molecular flexibility index (Phi) is 39.7. The zero-order valence-corrected chi connectivity index (χ0v) is 57.3. The molecule has 93 heavy (non-hydrogen) atoms. The molecule has 20 heteroatoms. The molecule has 0 aliphatic heterocycles. The van der Waals surface area contributed by atoms with Gasteiger partial charge in [-0.3, -0.25) is 48.1 Å². The van der Waals surface area contributed by atoms with Gasteiger partial charge in [-0.25, -0.2) is 4.98 Å². The number of Topliss-reactive ketones (excluding diaryl/α,β-unsaturated/α-hetero) is 5. The van der Waals surface area contributed by atoms with E-state index in [2.05, 4.69) is 43.2 Å². The van der Waals surface area contributed by atoms with Crippen molar-refractivity contribution in [1.29, 1.82) is 0 Å². The molecule has 0 saturated carbocycles. The lowest BCUT2D eigenvalue weighted by Crippen LogP contribution is -2.49. The van der Waals surface area contributed by atoms with Gasteiger partial charge in [-0.05, 0) is 106 Å². The van der Waals surface area contributed by atoms with Gasteiger partial charge >= 0.3 is 0 Å². The summed E-state index contributed by atoms with van der Waals surface area (Å²) in [6.45, 7) is 13.8. The first-order chi connectivity index (χ1) is 44.5. The standard InChI is InChI=1S/C73H116N10O10/c1-8-10-11-12-13-14-15-16-17-18-19-20-24-31-61(85)43-56(39-50(3)4)70(91)80-52(7)66(87)45-58(41-54-33-35-60(84)36-34-54)72(93)82-63(42-53-28-22-21-23-29-53)68(89)44-55(30-25-26-37-74)69(90)81-62(32-27-38-78-73(75)76)67(88)46-57(40-51(5)6)71(92)83-64(65(86)9-2)47-59-48-77-49-79-59/h21-23,28-29,33-36,48-52,55-58,62-64,84H,8-20,24-27,30-32,37-47,74H2,1-7H3,(H,77,79)(H,80,91)(H,81,90)(H,82,93)(H,83,92)(H4,75,76,78)/t52-,55+,56+,57+,58+,62-,63-,64-/m0/s1. The molecule has 0 aliphatic carbocycles. The van der Waals surface area contributed by atoms with Crippen LogP contribution in [0, 0.1) is 35.5 Å². The van der Waals surface area contributed by atoms with Crippen LogP contribution in [0.15, 0.2) is 72.1 Å². The molecule has 2 aromatic carbocycles. The third-order valence-corrected chi connectivity index (χ3v) is 17.3. The van der Waals surface area contributed by atoms with Crippen LogP contribution < -0.4 is 38.5 Å². The molecule has 0 saturated heterocycles. The summed E-state index contributed by atoms with van der Waals surface area (Å²) in [6, 6.07) is 11.0. The smallest absolute Gasteiger partial charge is 0.224 e. The van der Waals surface area contributed by atoms with Crippen LogP contribution in [0.2, 0.25) is 0 Å². The van der Waals surface area contributed by atoms with E-state index < -0.39 is 88.8 Å². The highest BCUT2D eigenvalue weighted by atomic mass is 16.3. The average Bonchev–Trinajstić information content (AvgIpc) is 2.47. The Balaban J connectivity index is 1.86. The number of amides is 4. The van der Waals surface area contributed by atoms with Crippen molar-refractivity contribution in [3.63, 3.8) is 0 Å². The van der Waals surface area contributed by atoms with E-state index in [0.29, 0.717) is 55.5 Å². The van der Waals surface area contributed by atoms with Gasteiger partial charge in [-0.1, -0.05) is 167 Å². The van der Waals surface area contributed by atoms with Crippen LogP contribution in [0.1, 0.15) is 232 Å². The first-order valence-electron chi connectivity index (χ1n) is 34.9. The Labute approximate surface area is 555 Å². The summed E-state index contributed by atoms with van der Waals surface area (Å²) < 4.78 is 0. The number of carbonyl (C=O) groups excluding carboxylic acids is 9. The maximum atomic E-state index is 15.0. The number of unbranched alkanes of at least 4 members (excludes halogenated alkanes) is 13. The summed E-state index contributed by atoms with van der Waals surface area (Å²) >= 11 is 0. The van der Waals surface area contributed by atoms with Gasteiger partial charge in [-0.15, -0.1) is 0 Å². The first-order valence-corrected chi connectivity index (χ1v) is 34.9. The normalized spacial score (nSPS) is 14.0. The molecule has 1 heterocycles. The number of nitrogens with one attached hydrogen (secondary N) is 5. The number of nitrogens with zero attached hydrogens (tertiary/aromatic N) is 2. The molecule has 0 unspecified atom stereocenters. The number of phenolic OH excluding ortho intramolecular Hbond substituents is 1. The van der Waals surface area contributed by atoms with E-state index in [9.17, 15) is 48.3 Å². The van der Waals surface area contributed by atoms with Crippen LogP contribution in [0.4, 0.5) is 0 Å². The van der Waals surface area contributed by atoms with E-state index in [0.717, 1.165) is 25.7 Å². The summed E-state index contributed by atoms with van der Waals surface area (Å²) in [5.41, 5.74) is 19.2. The number of guanidine groups is 1. The second kappa shape index (κ2) is 46.1. The number of aromatic nitrogens is 2. The summed E-state index contributed by atoms with van der Waals surface area (Å²) in [7, 11) is 0. The Morgan fingerprint density at radius 1 is 0.516 bits per heavy atom. The van der Waals surface area contributed by atoms with Gasteiger partial charge in [0.05, 0.1) is 30.5 Å². The molecule has 0 aliphatic rings. The predicted molar refractivity (Wildman–Crippen MR) is 367 cm³/mol. The highest BCUT2D eigenvalue weighted by molar-refractivity contribution is 5.98. The third kappa shape index (κ3) is 34.1. The summed E-state index contributed by atoms with van der Waals surface area (Å²) in [5.74, 6) is -7.29. The van der Waals surface area contributed by atoms with Crippen molar-refractivity contribution in [1.82, 2.24) is 31.2 Å². The summed E-state index contributed by atoms with van der Waals surface area (Å²) in [5, 5.41) is 21.8. The summed E-state index contributed by atoms with van der Waals surface area (Å²) in [6.07, 6.45) is 20.8. The number of imidazole rings is 1. The lowest BCUT2D eigenvalue weighted by atomic mass is 9.87. The molecular weight excluding hydrogens is 1180 g/mol. The number of H-pyrrole nitrogens is 1. The van der Waals surface area contributed by atoms with Gasteiger partial charge in [0.15, 0.2) is 29.1 Å². The first kappa shape index (κ1) is 80.1. The second-order valence-electron chi connectivity index (χ2n) is 26.6. The number of hydrogen-bond donors (Lipinski definition) is 9. The molecule has 12 N–H and O–H groups in total. The van der Waals surface area contributed by atoms with Crippen molar-refractivity contribution in [2.24, 2.45) is 57.7 Å². The van der Waals surface area contributed by atoms with Gasteiger partial charge < -0.3 is 48.6 Å². The Bertz CT molecular complexity index is 2710. The van der Waals surface area contributed by atoms with Gasteiger partial charge in [0.2, 0.25) is 23.6 Å². The van der Waals surface area contributed by atoms with E-state index in [1.807, 2.05) is 45.9 Å². The van der Waals surface area contributed by atoms with Crippen LogP contribution in [0.5, 0.6) is 5.75 Å². The van der Waals surface area contributed by atoms with Gasteiger partial charge in [-0.2, -0.15) is 0 Å². The van der Waals surface area contributed by atoms with E-state index in [4.69, 9.17) is 17.2 Å². The van der Waals surface area contributed by atoms with Crippen molar-refractivity contribution in [2.75, 3.05) is 13.1 Å². The number of aromatic hydroxyl groups is 1. The molecule has 0 fully saturated rings. The van der Waals surface area contributed by atoms with Crippen LogP contribution >= 0.6 is 0 Å². The number of aromatic amines is 1. The largest absolute Gasteiger partial charge is 0.508 e. The molecule has 518 valence electrons. The van der Waals surface area contributed by atoms with Gasteiger partial charge in [0.1, 0.15) is 11.5 Å². The van der Waals surface area contributed by atoms with E-state index >= 15 is 0 Å². The molecule has 0 spiro atoms. The Hall–Kier alpha value is -7.09. The van der Waals surface area contributed by atoms with Crippen molar-refractivity contribution in [2.45, 2.75) is 259 Å². The molecule has 4 amide bonds. The average molecular weight is 1290 g/mol. The maximum absolute atomic E-state index is 15.0. The third-order valence-electron chi connectivity index (χ3n) is 17.3. The van der Waals surface area contributed by atoms with Crippen LogP contribution in [0.3, 0.4) is 0 Å². The number of aliphatic imine (C=N–C) groups is 1. The molecule has 3 aromatic rings.